The van der Waals surface area contributed by atoms with Crippen LogP contribution in [0.1, 0.15) is 29.0 Å². The summed E-state index contributed by atoms with van der Waals surface area (Å²) in [5.41, 5.74) is 1.17. The van der Waals surface area contributed by atoms with Crippen molar-refractivity contribution in [2.24, 2.45) is 0 Å². The van der Waals surface area contributed by atoms with Crippen LogP contribution in [-0.4, -0.2) is 26.4 Å². The number of aromatic nitrogens is 3. The topological polar surface area (TPSA) is 102 Å². The average Bonchev–Trinajstić information content (AvgIpc) is 2.83. The molecule has 0 unspecified atom stereocenters. The molecule has 0 saturated heterocycles. The molecule has 0 spiro atoms. The van der Waals surface area contributed by atoms with E-state index in [9.17, 15) is 4.79 Å². The number of aryl methyl sites for hydroxylation is 2. The van der Waals surface area contributed by atoms with Crippen LogP contribution in [0.4, 0.5) is 0 Å². The zero-order chi connectivity index (χ0) is 11.7. The van der Waals surface area contributed by atoms with Crippen molar-refractivity contribution in [3.05, 3.63) is 17.3 Å². The Kier molecular flexibility index (Phi) is 2.43. The molecular formula is C9H9N3O4. The first kappa shape index (κ1) is 10.3. The highest BCUT2D eigenvalue weighted by Gasteiger charge is 2.21. The number of hydrogen-bond acceptors (Lipinski definition) is 6. The minimum Gasteiger partial charge on any atom is -0.475 e. The summed E-state index contributed by atoms with van der Waals surface area (Å²) >= 11 is 0. The Balaban J connectivity index is 2.49. The quantitative estimate of drug-likeness (QED) is 0.836. The van der Waals surface area contributed by atoms with Gasteiger partial charge in [0.2, 0.25) is 0 Å². The Labute approximate surface area is 90.1 Å². The molecular weight excluding hydrogens is 214 g/mol. The SMILES string of the molecule is CCc1onc(C)c1-c1nc(C(=O)O)no1. The maximum absolute atomic E-state index is 10.6. The highest BCUT2D eigenvalue weighted by molar-refractivity contribution is 5.83. The summed E-state index contributed by atoms with van der Waals surface area (Å²) in [5.74, 6) is -0.897. The number of carboxylic acid groups (broad SMARTS) is 1. The lowest BCUT2D eigenvalue weighted by molar-refractivity contribution is 0.0680. The molecule has 1 N–H and O–H groups in total. The molecule has 2 rings (SSSR count). The van der Waals surface area contributed by atoms with Crippen LogP contribution in [0.15, 0.2) is 9.05 Å². The van der Waals surface area contributed by atoms with Gasteiger partial charge in [0.25, 0.3) is 11.7 Å². The maximum atomic E-state index is 10.6. The first-order chi connectivity index (χ1) is 7.63. The average molecular weight is 223 g/mol. The summed E-state index contributed by atoms with van der Waals surface area (Å²) in [5, 5.41) is 15.8. The fraction of sp³-hybridized carbons (Fsp3) is 0.333. The van der Waals surface area contributed by atoms with Crippen LogP contribution in [0.25, 0.3) is 11.5 Å². The molecule has 16 heavy (non-hydrogen) atoms. The lowest BCUT2D eigenvalue weighted by Gasteiger charge is -1.91. The molecule has 84 valence electrons. The second kappa shape index (κ2) is 3.76. The second-order valence-corrected chi connectivity index (χ2v) is 3.15. The van der Waals surface area contributed by atoms with Crippen molar-refractivity contribution in [2.45, 2.75) is 20.3 Å². The van der Waals surface area contributed by atoms with Gasteiger partial charge in [0.05, 0.1) is 5.69 Å². The van der Waals surface area contributed by atoms with Crippen molar-refractivity contribution >= 4 is 5.97 Å². The van der Waals surface area contributed by atoms with E-state index in [1.807, 2.05) is 6.92 Å². The Morgan fingerprint density at radius 2 is 2.12 bits per heavy atom. The predicted octanol–water partition coefficient (Wildman–Crippen LogP) is 1.29. The van der Waals surface area contributed by atoms with Gasteiger partial charge in [0, 0.05) is 6.42 Å². The predicted molar refractivity (Wildman–Crippen MR) is 50.9 cm³/mol. The van der Waals surface area contributed by atoms with Crippen LogP contribution in [0.2, 0.25) is 0 Å². The molecule has 0 saturated carbocycles. The Morgan fingerprint density at radius 1 is 1.38 bits per heavy atom. The van der Waals surface area contributed by atoms with E-state index in [1.54, 1.807) is 6.92 Å². The van der Waals surface area contributed by atoms with Gasteiger partial charge in [-0.3, -0.25) is 0 Å². The summed E-state index contributed by atoms with van der Waals surface area (Å²) in [6.45, 7) is 3.61. The maximum Gasteiger partial charge on any atom is 0.377 e. The van der Waals surface area contributed by atoms with E-state index >= 15 is 0 Å². The van der Waals surface area contributed by atoms with Crippen LogP contribution in [0.3, 0.4) is 0 Å². The first-order valence-electron chi connectivity index (χ1n) is 4.66. The minimum absolute atomic E-state index is 0.119. The largest absolute Gasteiger partial charge is 0.475 e. The molecule has 2 heterocycles. The van der Waals surface area contributed by atoms with E-state index < -0.39 is 5.97 Å². The van der Waals surface area contributed by atoms with Gasteiger partial charge in [-0.15, -0.1) is 0 Å². The van der Waals surface area contributed by atoms with Gasteiger partial charge in [0.15, 0.2) is 0 Å². The van der Waals surface area contributed by atoms with E-state index in [0.717, 1.165) is 0 Å². The van der Waals surface area contributed by atoms with Crippen LogP contribution in [-0.2, 0) is 6.42 Å². The third-order valence-corrected chi connectivity index (χ3v) is 2.09. The molecule has 0 aliphatic rings. The standard InChI is InChI=1S/C9H9N3O4/c1-3-5-6(4(2)11-15-5)8-10-7(9(13)14)12-16-8/h3H2,1-2H3,(H,13,14). The second-order valence-electron chi connectivity index (χ2n) is 3.15. The van der Waals surface area contributed by atoms with E-state index in [0.29, 0.717) is 23.4 Å². The van der Waals surface area contributed by atoms with Gasteiger partial charge in [-0.05, 0) is 12.1 Å². The van der Waals surface area contributed by atoms with Crippen molar-refractivity contribution in [3.63, 3.8) is 0 Å². The molecule has 0 radical (unpaired) electrons. The summed E-state index contributed by atoms with van der Waals surface area (Å²) in [7, 11) is 0. The molecule has 0 aliphatic carbocycles. The van der Waals surface area contributed by atoms with Crippen molar-refractivity contribution in [2.75, 3.05) is 0 Å². The van der Waals surface area contributed by atoms with Crippen molar-refractivity contribution in [3.8, 4) is 11.5 Å². The highest BCUT2D eigenvalue weighted by Crippen LogP contribution is 2.25. The lowest BCUT2D eigenvalue weighted by Crippen LogP contribution is -1.98. The zero-order valence-electron chi connectivity index (χ0n) is 8.72. The number of aromatic carboxylic acids is 1. The van der Waals surface area contributed by atoms with Gasteiger partial charge < -0.3 is 14.2 Å². The number of nitrogens with zero attached hydrogens (tertiary/aromatic N) is 3. The molecule has 0 aliphatic heterocycles. The molecule has 7 heteroatoms. The third-order valence-electron chi connectivity index (χ3n) is 2.09. The highest BCUT2D eigenvalue weighted by atomic mass is 16.5. The number of carbonyl (C=O) groups is 1. The summed E-state index contributed by atoms with van der Waals surface area (Å²) in [6.07, 6.45) is 0.612. The molecule has 0 fully saturated rings. The Morgan fingerprint density at radius 3 is 2.69 bits per heavy atom. The van der Waals surface area contributed by atoms with Gasteiger partial charge in [-0.1, -0.05) is 12.1 Å². The van der Waals surface area contributed by atoms with E-state index in [1.165, 1.54) is 0 Å². The van der Waals surface area contributed by atoms with Crippen molar-refractivity contribution in [1.82, 2.24) is 15.3 Å². The number of carboxylic acids is 1. The van der Waals surface area contributed by atoms with Crippen molar-refractivity contribution < 1.29 is 18.9 Å². The molecule has 2 aromatic rings. The number of hydrogen-bond donors (Lipinski definition) is 1. The Hall–Kier alpha value is -2.18. The zero-order valence-corrected chi connectivity index (χ0v) is 8.72. The number of rotatable bonds is 3. The minimum atomic E-state index is -1.23. The van der Waals surface area contributed by atoms with Gasteiger partial charge in [-0.2, -0.15) is 4.98 Å². The van der Waals surface area contributed by atoms with E-state index in [-0.39, 0.29) is 11.7 Å². The molecule has 0 amide bonds. The smallest absolute Gasteiger partial charge is 0.377 e. The van der Waals surface area contributed by atoms with E-state index in [4.69, 9.17) is 14.2 Å². The van der Waals surface area contributed by atoms with Gasteiger partial charge in [0.1, 0.15) is 11.3 Å². The Bertz CT molecular complexity index is 529. The normalized spacial score (nSPS) is 10.6. The van der Waals surface area contributed by atoms with Crippen molar-refractivity contribution in [1.29, 1.82) is 0 Å². The van der Waals surface area contributed by atoms with Crippen LogP contribution in [0, 0.1) is 6.92 Å². The fourth-order valence-corrected chi connectivity index (χ4v) is 1.34. The molecule has 0 bridgehead atoms. The monoisotopic (exact) mass is 223 g/mol. The lowest BCUT2D eigenvalue weighted by atomic mass is 10.1. The molecule has 0 atom stereocenters. The molecule has 7 nitrogen and oxygen atoms in total. The summed E-state index contributed by atoms with van der Waals surface area (Å²) in [6, 6.07) is 0. The summed E-state index contributed by atoms with van der Waals surface area (Å²) < 4.78 is 9.90. The van der Waals surface area contributed by atoms with E-state index in [2.05, 4.69) is 15.3 Å². The van der Waals surface area contributed by atoms with Crippen LogP contribution >= 0.6 is 0 Å². The molecule has 2 aromatic heterocycles. The molecule has 0 aromatic carbocycles. The first-order valence-corrected chi connectivity index (χ1v) is 4.66. The fourth-order valence-electron chi connectivity index (χ4n) is 1.34. The third kappa shape index (κ3) is 1.56. The van der Waals surface area contributed by atoms with Crippen LogP contribution in [0.5, 0.6) is 0 Å². The summed E-state index contributed by atoms with van der Waals surface area (Å²) in [4.78, 5) is 14.3. The van der Waals surface area contributed by atoms with Gasteiger partial charge in [-0.25, -0.2) is 4.79 Å². The van der Waals surface area contributed by atoms with Crippen LogP contribution < -0.4 is 0 Å². The van der Waals surface area contributed by atoms with Gasteiger partial charge >= 0.3 is 5.97 Å².